The Morgan fingerprint density at radius 2 is 1.64 bits per heavy atom. The minimum absolute atomic E-state index is 0.889. The van der Waals surface area contributed by atoms with Gasteiger partial charge >= 0.3 is 0 Å². The van der Waals surface area contributed by atoms with Crippen molar-refractivity contribution in [3.63, 3.8) is 0 Å². The summed E-state index contributed by atoms with van der Waals surface area (Å²) < 4.78 is 5.13. The normalized spacial score (nSPS) is 24.0. The van der Waals surface area contributed by atoms with Gasteiger partial charge in [-0.2, -0.15) is 11.8 Å². The average Bonchev–Trinajstić information content (AvgIpc) is 2.68. The number of thioether (sulfide) groups is 1. The minimum Gasteiger partial charge on any atom is -0.380 e. The van der Waals surface area contributed by atoms with Crippen molar-refractivity contribution in [3.05, 3.63) is 0 Å². The number of nitrogens with one attached hydrogen (secondary N) is 2. The summed E-state index contributed by atoms with van der Waals surface area (Å²) in [5.74, 6) is 2.66. The van der Waals surface area contributed by atoms with Gasteiger partial charge in [-0.25, -0.2) is 0 Å². The van der Waals surface area contributed by atoms with Gasteiger partial charge in [0.25, 0.3) is 0 Å². The topological polar surface area (TPSA) is 33.3 Å². The molecule has 0 spiro atoms. The van der Waals surface area contributed by atoms with Gasteiger partial charge in [-0.1, -0.05) is 0 Å². The van der Waals surface area contributed by atoms with Crippen LogP contribution in [0.25, 0.3) is 0 Å². The molecule has 14 heavy (non-hydrogen) atoms. The van der Waals surface area contributed by atoms with Crippen molar-refractivity contribution in [1.29, 1.82) is 0 Å². The van der Waals surface area contributed by atoms with E-state index in [0.717, 1.165) is 26.3 Å². The molecule has 0 amide bonds. The Morgan fingerprint density at radius 1 is 0.786 bits per heavy atom. The van der Waals surface area contributed by atoms with Crippen LogP contribution in [0.1, 0.15) is 12.8 Å². The molecule has 2 N–H and O–H groups in total. The number of hydrogen-bond acceptors (Lipinski definition) is 4. The van der Waals surface area contributed by atoms with E-state index in [1.54, 1.807) is 0 Å². The highest BCUT2D eigenvalue weighted by atomic mass is 32.2. The average molecular weight is 218 g/mol. The van der Waals surface area contributed by atoms with Gasteiger partial charge in [0.15, 0.2) is 0 Å². The van der Waals surface area contributed by atoms with Gasteiger partial charge in [0.2, 0.25) is 0 Å². The summed E-state index contributed by atoms with van der Waals surface area (Å²) >= 11 is 2.05. The molecule has 0 aromatic rings. The summed E-state index contributed by atoms with van der Waals surface area (Å²) in [6.45, 7) is 6.42. The maximum atomic E-state index is 5.13. The van der Waals surface area contributed by atoms with Crippen molar-refractivity contribution in [2.75, 3.05) is 50.9 Å². The van der Waals surface area contributed by atoms with E-state index >= 15 is 0 Å². The molecule has 0 aromatic heterocycles. The molecule has 0 aromatic carbocycles. The second-order valence-electron chi connectivity index (χ2n) is 3.43. The highest BCUT2D eigenvalue weighted by molar-refractivity contribution is 7.99. The highest BCUT2D eigenvalue weighted by Crippen LogP contribution is 2.02. The van der Waals surface area contributed by atoms with Crippen molar-refractivity contribution in [2.24, 2.45) is 0 Å². The van der Waals surface area contributed by atoms with E-state index < -0.39 is 0 Å². The van der Waals surface area contributed by atoms with Gasteiger partial charge in [0, 0.05) is 25.4 Å². The Bertz CT molecular complexity index is 71.4. The molecular formula is C10H22N2OS. The molecule has 2 fully saturated rings. The summed E-state index contributed by atoms with van der Waals surface area (Å²) in [5, 5.41) is 6.55. The third-order valence-electron chi connectivity index (χ3n) is 2.13. The molecule has 0 atom stereocenters. The fraction of sp³-hybridized carbons (Fsp3) is 1.00. The van der Waals surface area contributed by atoms with Gasteiger partial charge < -0.3 is 15.4 Å². The van der Waals surface area contributed by atoms with E-state index in [0.29, 0.717) is 0 Å². The molecule has 2 saturated heterocycles. The molecule has 0 radical (unpaired) electrons. The van der Waals surface area contributed by atoms with E-state index in [1.165, 1.54) is 37.4 Å². The SMILES string of the molecule is C1CNCCOC1.C1CNCCSC1. The second kappa shape index (κ2) is 9.77. The maximum absolute atomic E-state index is 5.13. The first-order chi connectivity index (χ1) is 7.00. The van der Waals surface area contributed by atoms with Crippen LogP contribution < -0.4 is 10.6 Å². The molecule has 0 unspecified atom stereocenters. The van der Waals surface area contributed by atoms with Crippen molar-refractivity contribution in [3.8, 4) is 0 Å². The van der Waals surface area contributed by atoms with Crippen molar-refractivity contribution < 1.29 is 4.74 Å². The van der Waals surface area contributed by atoms with Crippen molar-refractivity contribution in [1.82, 2.24) is 10.6 Å². The van der Waals surface area contributed by atoms with E-state index in [1.807, 2.05) is 0 Å². The van der Waals surface area contributed by atoms with Gasteiger partial charge in [-0.05, 0) is 31.7 Å². The Labute approximate surface area is 91.4 Å². The van der Waals surface area contributed by atoms with E-state index in [4.69, 9.17) is 4.74 Å². The van der Waals surface area contributed by atoms with E-state index in [-0.39, 0.29) is 0 Å². The minimum atomic E-state index is 0.889. The van der Waals surface area contributed by atoms with Crippen LogP contribution >= 0.6 is 11.8 Å². The molecule has 0 saturated carbocycles. The van der Waals surface area contributed by atoms with Crippen LogP contribution in [0.15, 0.2) is 0 Å². The van der Waals surface area contributed by atoms with Crippen LogP contribution in [-0.2, 0) is 4.74 Å². The Morgan fingerprint density at radius 3 is 2.64 bits per heavy atom. The summed E-state index contributed by atoms with van der Waals surface area (Å²) in [4.78, 5) is 0. The van der Waals surface area contributed by atoms with E-state index in [2.05, 4.69) is 22.4 Å². The number of rotatable bonds is 0. The van der Waals surface area contributed by atoms with E-state index in [9.17, 15) is 0 Å². The lowest BCUT2D eigenvalue weighted by molar-refractivity contribution is 0.151. The Balaban J connectivity index is 0.000000140. The maximum Gasteiger partial charge on any atom is 0.0590 e. The number of ether oxygens (including phenoxy) is 1. The van der Waals surface area contributed by atoms with Crippen LogP contribution in [0.2, 0.25) is 0 Å². The largest absolute Gasteiger partial charge is 0.380 e. The summed E-state index contributed by atoms with van der Waals surface area (Å²) in [7, 11) is 0. The summed E-state index contributed by atoms with van der Waals surface area (Å²) in [5.41, 5.74) is 0. The first-order valence-electron chi connectivity index (χ1n) is 5.57. The monoisotopic (exact) mass is 218 g/mol. The molecule has 2 rings (SSSR count). The van der Waals surface area contributed by atoms with Gasteiger partial charge in [-0.3, -0.25) is 0 Å². The van der Waals surface area contributed by atoms with Crippen LogP contribution in [0.3, 0.4) is 0 Å². The zero-order valence-corrected chi connectivity index (χ0v) is 9.70. The molecule has 4 heteroatoms. The zero-order chi connectivity index (χ0) is 9.90. The summed E-state index contributed by atoms with van der Waals surface area (Å²) in [6.07, 6.45) is 2.52. The van der Waals surface area contributed by atoms with Gasteiger partial charge in [-0.15, -0.1) is 0 Å². The number of hydrogen-bond donors (Lipinski definition) is 2. The third kappa shape index (κ3) is 7.62. The third-order valence-corrected chi connectivity index (χ3v) is 3.20. The standard InChI is InChI=1S/C5H11NO.C5H11NS/c2*1-2-6-3-5-7-4-1/h2*6H,1-5H2. The lowest BCUT2D eigenvalue weighted by Gasteiger charge is -1.91. The molecule has 0 bridgehead atoms. The smallest absolute Gasteiger partial charge is 0.0590 e. The van der Waals surface area contributed by atoms with Gasteiger partial charge in [0.1, 0.15) is 0 Å². The zero-order valence-electron chi connectivity index (χ0n) is 8.89. The molecule has 2 aliphatic rings. The van der Waals surface area contributed by atoms with Crippen LogP contribution in [0.5, 0.6) is 0 Å². The predicted octanol–water partition coefficient (Wildman–Crippen LogP) is 0.709. The van der Waals surface area contributed by atoms with Crippen molar-refractivity contribution >= 4 is 11.8 Å². The van der Waals surface area contributed by atoms with Crippen LogP contribution in [0.4, 0.5) is 0 Å². The Kier molecular flexibility index (Phi) is 8.59. The summed E-state index contributed by atoms with van der Waals surface area (Å²) in [6, 6.07) is 0. The highest BCUT2D eigenvalue weighted by Gasteiger charge is 1.94. The first kappa shape index (κ1) is 12.3. The molecule has 3 nitrogen and oxygen atoms in total. The molecule has 84 valence electrons. The van der Waals surface area contributed by atoms with Crippen LogP contribution in [-0.4, -0.2) is 50.9 Å². The lowest BCUT2D eigenvalue weighted by Crippen LogP contribution is -2.15. The van der Waals surface area contributed by atoms with Crippen LogP contribution in [0, 0.1) is 0 Å². The lowest BCUT2D eigenvalue weighted by atomic mass is 10.5. The predicted molar refractivity (Wildman–Crippen MR) is 63.1 cm³/mol. The fourth-order valence-corrected chi connectivity index (χ4v) is 2.18. The molecule has 0 aliphatic carbocycles. The Hall–Kier alpha value is 0.230. The fourth-order valence-electron chi connectivity index (χ4n) is 1.34. The van der Waals surface area contributed by atoms with Gasteiger partial charge in [0.05, 0.1) is 6.61 Å². The molecule has 2 heterocycles. The molecule has 2 aliphatic heterocycles. The quantitative estimate of drug-likeness (QED) is 0.627. The van der Waals surface area contributed by atoms with Crippen molar-refractivity contribution in [2.45, 2.75) is 12.8 Å². The molecular weight excluding hydrogens is 196 g/mol. The second-order valence-corrected chi connectivity index (χ2v) is 4.66. The first-order valence-corrected chi connectivity index (χ1v) is 6.72.